The predicted molar refractivity (Wildman–Crippen MR) is 184 cm³/mol. The second kappa shape index (κ2) is 15.2. The van der Waals surface area contributed by atoms with Crippen molar-refractivity contribution in [3.63, 3.8) is 0 Å². The molecule has 2 nitrogen and oxygen atoms in total. The Hall–Kier alpha value is -0.148. The third-order valence-corrected chi connectivity index (χ3v) is 14.2. The first-order valence-electron chi connectivity index (χ1n) is 13.4. The summed E-state index contributed by atoms with van der Waals surface area (Å²) in [5.74, 6) is 0. The van der Waals surface area contributed by atoms with Gasteiger partial charge in [0.15, 0.2) is 0 Å². The molecule has 0 saturated carbocycles. The fraction of sp³-hybridized carbons (Fsp3) is 0.625. The van der Waals surface area contributed by atoms with E-state index in [9.17, 15) is 0 Å². The summed E-state index contributed by atoms with van der Waals surface area (Å²) in [6, 6.07) is 18.3. The standard InChI is InChI=1S/2C16H28NP.ClH.Pd/c2*1-15(2,3)18(16(4,5)6)14-11-9-13(10-12-14)17(7)8;;/h2*9-12H,1-8H3;1H;/p+2. The first-order chi connectivity index (χ1) is 16.1. The molecule has 0 fully saturated rings. The Kier molecular flexibility index (Phi) is 16.0. The van der Waals surface area contributed by atoms with Crippen molar-refractivity contribution in [2.75, 3.05) is 38.0 Å². The van der Waals surface area contributed by atoms with Gasteiger partial charge < -0.3 is 9.80 Å². The fourth-order valence-electron chi connectivity index (χ4n) is 5.83. The van der Waals surface area contributed by atoms with E-state index in [4.69, 9.17) is 0 Å². The molecule has 0 unspecified atom stereocenters. The molecule has 0 spiro atoms. The zero-order valence-corrected chi connectivity index (χ0v) is 31.6. The summed E-state index contributed by atoms with van der Waals surface area (Å²) < 4.78 is 0. The smallest absolute Gasteiger partial charge is 0.0927 e. The molecule has 0 aromatic heterocycles. The summed E-state index contributed by atoms with van der Waals surface area (Å²) in [7, 11) is 7.14. The van der Waals surface area contributed by atoms with Gasteiger partial charge in [-0.1, -0.05) is 0 Å². The van der Waals surface area contributed by atoms with Crippen LogP contribution in [0.3, 0.4) is 0 Å². The van der Waals surface area contributed by atoms with Gasteiger partial charge in [-0.25, -0.2) is 0 Å². The number of hydrogen-bond donors (Lipinski definition) is 0. The Labute approximate surface area is 259 Å². The zero-order valence-electron chi connectivity index (χ0n) is 27.2. The van der Waals surface area contributed by atoms with Crippen molar-refractivity contribution in [3.8, 4) is 0 Å². The largest absolute Gasteiger partial charge is 0.378 e. The van der Waals surface area contributed by atoms with Gasteiger partial charge in [0.25, 0.3) is 0 Å². The number of nitrogens with zero attached hydrogens (tertiary/aromatic N) is 2. The zero-order chi connectivity index (χ0) is 28.3. The van der Waals surface area contributed by atoms with Crippen molar-refractivity contribution in [1.82, 2.24) is 0 Å². The molecule has 0 aliphatic carbocycles. The van der Waals surface area contributed by atoms with Gasteiger partial charge >= 0.3 is 0 Å². The van der Waals surface area contributed by atoms with E-state index < -0.39 is 15.8 Å². The molecular weight excluding hydrogens is 616 g/mol. The Morgan fingerprint density at radius 2 is 0.605 bits per heavy atom. The van der Waals surface area contributed by atoms with Crippen LogP contribution in [0, 0.1) is 0 Å². The normalized spacial score (nSPS) is 12.3. The Bertz CT molecular complexity index is 823. The van der Waals surface area contributed by atoms with Crippen LogP contribution in [0.5, 0.6) is 0 Å². The van der Waals surface area contributed by atoms with Gasteiger partial charge in [-0.05, 0) is 132 Å². The maximum Gasteiger partial charge on any atom is 0.0927 e. The summed E-state index contributed by atoms with van der Waals surface area (Å²) in [5, 5.41) is 4.60. The van der Waals surface area contributed by atoms with E-state index in [-0.39, 0.29) is 32.8 Å². The molecule has 2 aromatic rings. The molecule has 6 heteroatoms. The SMILES string of the molecule is CN(C)c1ccc([PH+](C(C)(C)C)C(C)(C)C)cc1.CN(C)c1ccc([PH+](C(C)(C)C)C(C)(C)C)cc1.Cl.[Pd]. The van der Waals surface area contributed by atoms with Gasteiger partial charge in [-0.15, -0.1) is 12.4 Å². The van der Waals surface area contributed by atoms with Crippen molar-refractivity contribution in [1.29, 1.82) is 0 Å². The molecular formula is C32H59ClN2P2Pd+2. The van der Waals surface area contributed by atoms with Crippen LogP contribution in [0.15, 0.2) is 48.5 Å². The second-order valence-electron chi connectivity index (χ2n) is 14.6. The molecule has 0 heterocycles. The van der Waals surface area contributed by atoms with Gasteiger partial charge in [0.1, 0.15) is 0 Å². The monoisotopic (exact) mass is 674 g/mol. The maximum atomic E-state index is 2.38. The summed E-state index contributed by atoms with van der Waals surface area (Å²) in [6.45, 7) is 28.6. The van der Waals surface area contributed by atoms with Crippen LogP contribution < -0.4 is 20.4 Å². The molecule has 0 N–H and O–H groups in total. The van der Waals surface area contributed by atoms with Gasteiger partial charge in [0, 0.05) is 75.8 Å². The first kappa shape index (κ1) is 40.0. The molecule has 0 radical (unpaired) electrons. The summed E-state index contributed by atoms with van der Waals surface area (Å²) in [4.78, 5) is 4.31. The summed E-state index contributed by atoms with van der Waals surface area (Å²) >= 11 is 0. The van der Waals surface area contributed by atoms with E-state index in [0.717, 1.165) is 0 Å². The number of halogens is 1. The summed E-state index contributed by atoms with van der Waals surface area (Å²) in [5.41, 5.74) is 2.56. The third kappa shape index (κ3) is 12.2. The van der Waals surface area contributed by atoms with E-state index in [1.54, 1.807) is 10.6 Å². The van der Waals surface area contributed by atoms with Crippen molar-refractivity contribution in [2.45, 2.75) is 104 Å². The molecule has 0 atom stereocenters. The van der Waals surface area contributed by atoms with Crippen LogP contribution in [0.1, 0.15) is 83.1 Å². The van der Waals surface area contributed by atoms with Crippen LogP contribution in [0.4, 0.5) is 11.4 Å². The molecule has 0 aliphatic rings. The first-order valence-corrected chi connectivity index (χ1v) is 16.4. The van der Waals surface area contributed by atoms with Crippen LogP contribution in [-0.2, 0) is 20.4 Å². The second-order valence-corrected chi connectivity index (χ2v) is 23.3. The van der Waals surface area contributed by atoms with Crippen molar-refractivity contribution in [2.24, 2.45) is 0 Å². The summed E-state index contributed by atoms with van der Waals surface area (Å²) in [6.07, 6.45) is 0. The van der Waals surface area contributed by atoms with Crippen molar-refractivity contribution < 1.29 is 20.4 Å². The molecule has 2 rings (SSSR count). The quantitative estimate of drug-likeness (QED) is 0.236. The fourth-order valence-corrected chi connectivity index (χ4v) is 14.8. The predicted octanol–water partition coefficient (Wildman–Crippen LogP) is 8.80. The van der Waals surface area contributed by atoms with Gasteiger partial charge in [0.05, 0.1) is 31.2 Å². The number of rotatable bonds is 4. The topological polar surface area (TPSA) is 6.48 Å². The average molecular weight is 676 g/mol. The number of anilines is 2. The number of benzene rings is 2. The Morgan fingerprint density at radius 3 is 0.737 bits per heavy atom. The van der Waals surface area contributed by atoms with E-state index in [0.29, 0.717) is 20.6 Å². The van der Waals surface area contributed by atoms with E-state index in [2.05, 4.69) is 170 Å². The minimum atomic E-state index is -0.614. The molecule has 0 amide bonds. The van der Waals surface area contributed by atoms with Gasteiger partial charge in [-0.3, -0.25) is 0 Å². The van der Waals surface area contributed by atoms with Crippen molar-refractivity contribution >= 4 is 50.2 Å². The maximum absolute atomic E-state index is 2.38. The Morgan fingerprint density at radius 1 is 0.421 bits per heavy atom. The molecule has 2 aromatic carbocycles. The van der Waals surface area contributed by atoms with E-state index in [1.807, 2.05) is 0 Å². The molecule has 0 bridgehead atoms. The number of hydrogen-bond acceptors (Lipinski definition) is 2. The van der Waals surface area contributed by atoms with Gasteiger partial charge in [-0.2, -0.15) is 0 Å². The third-order valence-electron chi connectivity index (χ3n) is 6.34. The van der Waals surface area contributed by atoms with Crippen LogP contribution in [0.25, 0.3) is 0 Å². The van der Waals surface area contributed by atoms with Gasteiger partial charge in [0.2, 0.25) is 0 Å². The van der Waals surface area contributed by atoms with E-state index >= 15 is 0 Å². The van der Waals surface area contributed by atoms with Crippen LogP contribution >= 0.6 is 28.3 Å². The molecule has 38 heavy (non-hydrogen) atoms. The van der Waals surface area contributed by atoms with Crippen molar-refractivity contribution in [3.05, 3.63) is 48.5 Å². The van der Waals surface area contributed by atoms with E-state index in [1.165, 1.54) is 11.4 Å². The Balaban J connectivity index is 0. The van der Waals surface area contributed by atoms with Crippen LogP contribution in [0.2, 0.25) is 0 Å². The van der Waals surface area contributed by atoms with Crippen LogP contribution in [-0.4, -0.2) is 48.8 Å². The molecule has 0 saturated heterocycles. The molecule has 222 valence electrons. The minimum Gasteiger partial charge on any atom is -0.378 e. The minimum absolute atomic E-state index is 0. The average Bonchev–Trinajstić information content (AvgIpc) is 2.65. The molecule has 0 aliphatic heterocycles.